The Balaban J connectivity index is 1.69. The summed E-state index contributed by atoms with van der Waals surface area (Å²) in [6, 6.07) is 12.5. The molecule has 0 radical (unpaired) electrons. The minimum Gasteiger partial charge on any atom is -0.481 e. The standard InChI is InChI=1S/C27H27BrClF2N3O3/c1-16-24(26(37)32-14-17(7-10-23(35)36)19-5-2-3-6-21(19)29)20-13-18(28)8-9-22(20)33-25(16)34-12-4-11-27(30,31)15-34/h2-3,5-6,8-9,13,17H,4,7,10-12,14-15H2,1H3,(H,32,37)(H,35,36)/t17-/m0/s1. The zero-order chi connectivity index (χ0) is 26.7. The number of benzene rings is 2. The molecule has 0 aliphatic carbocycles. The van der Waals surface area contributed by atoms with E-state index in [0.717, 1.165) is 10.0 Å². The largest absolute Gasteiger partial charge is 0.481 e. The van der Waals surface area contributed by atoms with E-state index in [4.69, 9.17) is 11.6 Å². The van der Waals surface area contributed by atoms with Crippen LogP contribution >= 0.6 is 27.5 Å². The Labute approximate surface area is 227 Å². The van der Waals surface area contributed by atoms with Crippen LogP contribution in [0.25, 0.3) is 10.9 Å². The second-order valence-electron chi connectivity index (χ2n) is 9.34. The Bertz CT molecular complexity index is 1340. The van der Waals surface area contributed by atoms with Crippen LogP contribution in [0, 0.1) is 6.92 Å². The summed E-state index contributed by atoms with van der Waals surface area (Å²) in [6.07, 6.45) is 0.367. The van der Waals surface area contributed by atoms with Gasteiger partial charge in [-0.3, -0.25) is 9.59 Å². The number of carbonyl (C=O) groups is 2. The number of anilines is 1. The zero-order valence-electron chi connectivity index (χ0n) is 20.2. The van der Waals surface area contributed by atoms with Crippen LogP contribution in [0.5, 0.6) is 0 Å². The first-order valence-corrected chi connectivity index (χ1v) is 13.2. The number of hydrogen-bond donors (Lipinski definition) is 2. The zero-order valence-corrected chi connectivity index (χ0v) is 22.6. The van der Waals surface area contributed by atoms with Gasteiger partial charge in [-0.05, 0) is 49.6 Å². The van der Waals surface area contributed by atoms with Crippen molar-refractivity contribution in [3.8, 4) is 0 Å². The maximum Gasteiger partial charge on any atom is 0.303 e. The first-order chi connectivity index (χ1) is 17.6. The number of halogens is 4. The number of fused-ring (bicyclic) bond motifs is 1. The molecule has 1 aliphatic rings. The van der Waals surface area contributed by atoms with E-state index < -0.39 is 18.4 Å². The summed E-state index contributed by atoms with van der Waals surface area (Å²) in [4.78, 5) is 31.1. The number of rotatable bonds is 8. The molecule has 37 heavy (non-hydrogen) atoms. The summed E-state index contributed by atoms with van der Waals surface area (Å²) in [5, 5.41) is 13.3. The van der Waals surface area contributed by atoms with Gasteiger partial charge < -0.3 is 15.3 Å². The summed E-state index contributed by atoms with van der Waals surface area (Å²) in [5.74, 6) is -4.11. The number of alkyl halides is 2. The number of hydrogen-bond acceptors (Lipinski definition) is 4. The normalized spacial score (nSPS) is 16.0. The monoisotopic (exact) mass is 593 g/mol. The van der Waals surface area contributed by atoms with Gasteiger partial charge in [0.1, 0.15) is 5.82 Å². The summed E-state index contributed by atoms with van der Waals surface area (Å²) in [5.41, 5.74) is 2.14. The molecule has 1 aliphatic heterocycles. The van der Waals surface area contributed by atoms with Crippen LogP contribution in [0.4, 0.5) is 14.6 Å². The van der Waals surface area contributed by atoms with Crippen molar-refractivity contribution in [3.63, 3.8) is 0 Å². The van der Waals surface area contributed by atoms with Gasteiger partial charge in [-0.25, -0.2) is 13.8 Å². The average molecular weight is 595 g/mol. The van der Waals surface area contributed by atoms with Crippen molar-refractivity contribution in [2.24, 2.45) is 0 Å². The van der Waals surface area contributed by atoms with Crippen LogP contribution in [0.3, 0.4) is 0 Å². The molecule has 2 N–H and O–H groups in total. The Hall–Kier alpha value is -2.78. The lowest BCUT2D eigenvalue weighted by Gasteiger charge is -2.34. The van der Waals surface area contributed by atoms with Crippen molar-refractivity contribution in [3.05, 3.63) is 68.7 Å². The van der Waals surface area contributed by atoms with Gasteiger partial charge in [-0.1, -0.05) is 45.7 Å². The maximum atomic E-state index is 14.2. The third kappa shape index (κ3) is 6.38. The number of carboxylic acid groups (broad SMARTS) is 1. The Kier molecular flexibility index (Phi) is 8.33. The molecule has 0 spiro atoms. The fraction of sp³-hybridized carbons (Fsp3) is 0.370. The molecular weight excluding hydrogens is 568 g/mol. The van der Waals surface area contributed by atoms with Crippen LogP contribution < -0.4 is 10.2 Å². The average Bonchev–Trinajstić information content (AvgIpc) is 2.83. The number of carbonyl (C=O) groups excluding carboxylic acids is 1. The minimum atomic E-state index is -2.82. The summed E-state index contributed by atoms with van der Waals surface area (Å²) < 4.78 is 29.2. The fourth-order valence-electron chi connectivity index (χ4n) is 4.84. The van der Waals surface area contributed by atoms with E-state index in [1.807, 2.05) is 12.1 Å². The van der Waals surface area contributed by atoms with Gasteiger partial charge in [0.15, 0.2) is 0 Å². The SMILES string of the molecule is Cc1c(N2CCCC(F)(F)C2)nc2ccc(Br)cc2c1C(=O)NC[C@H](CCC(=O)O)c1ccccc1Cl. The van der Waals surface area contributed by atoms with Gasteiger partial charge in [-0.15, -0.1) is 0 Å². The molecule has 2 heterocycles. The molecule has 10 heteroatoms. The van der Waals surface area contributed by atoms with E-state index in [-0.39, 0.29) is 37.6 Å². The smallest absolute Gasteiger partial charge is 0.303 e. The molecule has 6 nitrogen and oxygen atoms in total. The van der Waals surface area contributed by atoms with Gasteiger partial charge >= 0.3 is 5.97 Å². The highest BCUT2D eigenvalue weighted by atomic mass is 79.9. The molecule has 2 aromatic carbocycles. The quantitative estimate of drug-likeness (QED) is 0.308. The number of pyridine rings is 1. The number of aromatic nitrogens is 1. The predicted octanol–water partition coefficient (Wildman–Crippen LogP) is 6.57. The summed E-state index contributed by atoms with van der Waals surface area (Å²) >= 11 is 9.82. The van der Waals surface area contributed by atoms with Crippen LogP contribution in [-0.4, -0.2) is 47.5 Å². The van der Waals surface area contributed by atoms with E-state index in [9.17, 15) is 23.5 Å². The van der Waals surface area contributed by atoms with E-state index >= 15 is 0 Å². The summed E-state index contributed by atoms with van der Waals surface area (Å²) in [6.45, 7) is 1.86. The number of nitrogens with zero attached hydrogens (tertiary/aromatic N) is 2. The number of aliphatic carboxylic acids is 1. The molecule has 1 fully saturated rings. The third-order valence-electron chi connectivity index (χ3n) is 6.64. The van der Waals surface area contributed by atoms with E-state index in [2.05, 4.69) is 26.2 Å². The molecule has 4 rings (SSSR count). The van der Waals surface area contributed by atoms with Crippen LogP contribution in [-0.2, 0) is 4.79 Å². The lowest BCUT2D eigenvalue weighted by atomic mass is 9.93. The number of amides is 1. The van der Waals surface area contributed by atoms with Crippen molar-refractivity contribution in [2.75, 3.05) is 24.5 Å². The van der Waals surface area contributed by atoms with Gasteiger partial charge in [0.05, 0.1) is 17.6 Å². The first kappa shape index (κ1) is 27.3. The molecule has 0 saturated carbocycles. The number of carboxylic acids is 1. The van der Waals surface area contributed by atoms with Crippen molar-refractivity contribution < 1.29 is 23.5 Å². The van der Waals surface area contributed by atoms with Crippen molar-refractivity contribution >= 4 is 56.1 Å². The van der Waals surface area contributed by atoms with Crippen LogP contribution in [0.15, 0.2) is 46.9 Å². The Morgan fingerprint density at radius 3 is 2.73 bits per heavy atom. The number of piperidine rings is 1. The van der Waals surface area contributed by atoms with Crippen molar-refractivity contribution in [1.82, 2.24) is 10.3 Å². The van der Waals surface area contributed by atoms with Crippen molar-refractivity contribution in [2.45, 2.75) is 44.4 Å². The highest BCUT2D eigenvalue weighted by molar-refractivity contribution is 9.10. The van der Waals surface area contributed by atoms with E-state index in [1.165, 1.54) is 0 Å². The first-order valence-electron chi connectivity index (χ1n) is 12.0. The van der Waals surface area contributed by atoms with Crippen LogP contribution in [0.2, 0.25) is 5.02 Å². The molecule has 1 aromatic heterocycles. The second kappa shape index (κ2) is 11.3. The van der Waals surface area contributed by atoms with Gasteiger partial charge in [-0.2, -0.15) is 0 Å². The molecular formula is C27H27BrClF2N3O3. The highest BCUT2D eigenvalue weighted by Gasteiger charge is 2.37. The van der Waals surface area contributed by atoms with Gasteiger partial charge in [0.25, 0.3) is 11.8 Å². The molecule has 196 valence electrons. The molecule has 1 atom stereocenters. The van der Waals surface area contributed by atoms with Crippen molar-refractivity contribution in [1.29, 1.82) is 0 Å². The minimum absolute atomic E-state index is 0.0801. The highest BCUT2D eigenvalue weighted by Crippen LogP contribution is 2.35. The second-order valence-corrected chi connectivity index (χ2v) is 10.7. The Morgan fingerprint density at radius 2 is 2.03 bits per heavy atom. The Morgan fingerprint density at radius 1 is 1.27 bits per heavy atom. The topological polar surface area (TPSA) is 82.5 Å². The fourth-order valence-corrected chi connectivity index (χ4v) is 5.49. The van der Waals surface area contributed by atoms with Gasteiger partial charge in [0.2, 0.25) is 0 Å². The molecule has 1 amide bonds. The molecule has 3 aromatic rings. The maximum absolute atomic E-state index is 14.2. The number of nitrogens with one attached hydrogen (secondary N) is 1. The predicted molar refractivity (Wildman–Crippen MR) is 144 cm³/mol. The lowest BCUT2D eigenvalue weighted by Crippen LogP contribution is -2.43. The molecule has 0 bridgehead atoms. The van der Waals surface area contributed by atoms with E-state index in [1.54, 1.807) is 42.2 Å². The lowest BCUT2D eigenvalue weighted by molar-refractivity contribution is -0.137. The summed E-state index contributed by atoms with van der Waals surface area (Å²) in [7, 11) is 0. The molecule has 1 saturated heterocycles. The third-order valence-corrected chi connectivity index (χ3v) is 7.48. The molecule has 0 unspecified atom stereocenters. The van der Waals surface area contributed by atoms with E-state index in [0.29, 0.717) is 45.8 Å². The van der Waals surface area contributed by atoms with Gasteiger partial charge in [0, 0.05) is 52.3 Å². The van der Waals surface area contributed by atoms with Crippen LogP contribution in [0.1, 0.15) is 53.1 Å².